The highest BCUT2D eigenvalue weighted by molar-refractivity contribution is 5.91. The largest absolute Gasteiger partial charge is 0.444 e. The second kappa shape index (κ2) is 6.38. The second-order valence-electron chi connectivity index (χ2n) is 7.70. The molecule has 23 heavy (non-hydrogen) atoms. The summed E-state index contributed by atoms with van der Waals surface area (Å²) in [7, 11) is 0. The first-order valence-corrected chi connectivity index (χ1v) is 8.40. The molecule has 0 aromatic carbocycles. The number of carbonyl (C=O) groups excluding carboxylic acids is 2. The zero-order valence-corrected chi connectivity index (χ0v) is 14.5. The fourth-order valence-corrected chi connectivity index (χ4v) is 2.95. The summed E-state index contributed by atoms with van der Waals surface area (Å²) in [4.78, 5) is 27.2. The number of rotatable bonds is 5. The van der Waals surface area contributed by atoms with Crippen LogP contribution >= 0.6 is 0 Å². The Kier molecular flexibility index (Phi) is 4.88. The van der Waals surface area contributed by atoms with Gasteiger partial charge in [-0.25, -0.2) is 4.79 Å². The van der Waals surface area contributed by atoms with Gasteiger partial charge in [0, 0.05) is 12.1 Å². The summed E-state index contributed by atoms with van der Waals surface area (Å²) in [5.74, 6) is -0.149. The third-order valence-electron chi connectivity index (χ3n) is 4.34. The van der Waals surface area contributed by atoms with Gasteiger partial charge in [-0.2, -0.15) is 5.26 Å². The van der Waals surface area contributed by atoms with Gasteiger partial charge >= 0.3 is 6.09 Å². The molecule has 2 saturated carbocycles. The lowest BCUT2D eigenvalue weighted by molar-refractivity contribution is -0.140. The molecule has 2 rings (SSSR count). The van der Waals surface area contributed by atoms with E-state index in [1.165, 1.54) is 0 Å². The summed E-state index contributed by atoms with van der Waals surface area (Å²) in [5.41, 5.74) is -1.38. The topological polar surface area (TPSA) is 82.4 Å². The van der Waals surface area contributed by atoms with Crippen molar-refractivity contribution in [2.75, 3.05) is 0 Å². The summed E-state index contributed by atoms with van der Waals surface area (Å²) in [5, 5.41) is 11.7. The number of hydrogen-bond acceptors (Lipinski definition) is 4. The van der Waals surface area contributed by atoms with Crippen LogP contribution in [0.3, 0.4) is 0 Å². The van der Waals surface area contributed by atoms with E-state index in [9.17, 15) is 9.59 Å². The van der Waals surface area contributed by atoms with Gasteiger partial charge in [-0.1, -0.05) is 0 Å². The van der Waals surface area contributed by atoms with Crippen LogP contribution in [0.15, 0.2) is 0 Å². The first kappa shape index (κ1) is 17.6. The number of hydrogen-bond donors (Lipinski definition) is 1. The average molecular weight is 321 g/mol. The molecule has 6 heteroatoms. The first-order chi connectivity index (χ1) is 10.7. The molecule has 0 saturated heterocycles. The van der Waals surface area contributed by atoms with Crippen LogP contribution in [0, 0.1) is 11.3 Å². The lowest BCUT2D eigenvalue weighted by Gasteiger charge is -2.49. The number of nitrogens with one attached hydrogen (secondary N) is 1. The summed E-state index contributed by atoms with van der Waals surface area (Å²) >= 11 is 0. The molecule has 6 nitrogen and oxygen atoms in total. The zero-order chi connectivity index (χ0) is 17.3. The molecule has 1 N–H and O–H groups in total. The van der Waals surface area contributed by atoms with E-state index in [0.717, 1.165) is 19.3 Å². The van der Waals surface area contributed by atoms with Crippen LogP contribution in [0.5, 0.6) is 0 Å². The lowest BCUT2D eigenvalue weighted by atomic mass is 9.74. The minimum atomic E-state index is -0.798. The van der Waals surface area contributed by atoms with Gasteiger partial charge in [0.05, 0.1) is 12.5 Å². The summed E-state index contributed by atoms with van der Waals surface area (Å²) in [6, 6.07) is 1.94. The molecule has 128 valence electrons. The van der Waals surface area contributed by atoms with Crippen LogP contribution in [0.25, 0.3) is 0 Å². The average Bonchev–Trinajstić information content (AvgIpc) is 3.14. The van der Waals surface area contributed by atoms with Gasteiger partial charge in [0.2, 0.25) is 5.91 Å². The van der Waals surface area contributed by atoms with Crippen molar-refractivity contribution in [3.63, 3.8) is 0 Å². The van der Waals surface area contributed by atoms with Crippen molar-refractivity contribution in [1.29, 1.82) is 5.26 Å². The van der Waals surface area contributed by atoms with Crippen molar-refractivity contribution in [2.24, 2.45) is 0 Å². The van der Waals surface area contributed by atoms with E-state index in [1.807, 2.05) is 27.7 Å². The van der Waals surface area contributed by atoms with Crippen LogP contribution in [0.2, 0.25) is 0 Å². The van der Waals surface area contributed by atoms with Crippen molar-refractivity contribution in [1.82, 2.24) is 10.2 Å². The SMILES string of the molecule is CC(CC#N)NC(=O)C1(N(C(=O)OC(C)(C)C)C2CC2)CCC1. The Hall–Kier alpha value is -1.77. The summed E-state index contributed by atoms with van der Waals surface area (Å²) in [6.07, 6.45) is 3.94. The van der Waals surface area contributed by atoms with Gasteiger partial charge in [-0.05, 0) is 59.8 Å². The Bertz CT molecular complexity index is 510. The minimum Gasteiger partial charge on any atom is -0.444 e. The molecule has 0 heterocycles. The van der Waals surface area contributed by atoms with Crippen molar-refractivity contribution < 1.29 is 14.3 Å². The molecule has 0 aromatic heterocycles. The zero-order valence-electron chi connectivity index (χ0n) is 14.5. The Morgan fingerprint density at radius 2 is 2.00 bits per heavy atom. The highest BCUT2D eigenvalue weighted by Gasteiger charge is 2.56. The third kappa shape index (κ3) is 3.95. The first-order valence-electron chi connectivity index (χ1n) is 8.40. The fraction of sp³-hybridized carbons (Fsp3) is 0.824. The van der Waals surface area contributed by atoms with Crippen molar-refractivity contribution in [3.8, 4) is 6.07 Å². The van der Waals surface area contributed by atoms with Crippen molar-refractivity contribution in [3.05, 3.63) is 0 Å². The number of carbonyl (C=O) groups is 2. The maximum absolute atomic E-state index is 12.8. The van der Waals surface area contributed by atoms with Gasteiger partial charge in [0.1, 0.15) is 11.1 Å². The summed E-state index contributed by atoms with van der Waals surface area (Å²) < 4.78 is 5.54. The van der Waals surface area contributed by atoms with E-state index < -0.39 is 17.2 Å². The van der Waals surface area contributed by atoms with Gasteiger partial charge in [0.25, 0.3) is 0 Å². The molecule has 1 unspecified atom stereocenters. The minimum absolute atomic E-state index is 0.0992. The van der Waals surface area contributed by atoms with E-state index in [-0.39, 0.29) is 24.4 Å². The number of ether oxygens (including phenoxy) is 1. The molecule has 0 aromatic rings. The molecule has 2 aliphatic carbocycles. The number of amides is 2. The smallest absolute Gasteiger partial charge is 0.411 e. The van der Waals surface area contributed by atoms with Crippen LogP contribution in [0.4, 0.5) is 4.79 Å². The molecule has 2 aliphatic rings. The molecule has 1 atom stereocenters. The van der Waals surface area contributed by atoms with Crippen molar-refractivity contribution in [2.45, 2.75) is 89.4 Å². The summed E-state index contributed by atoms with van der Waals surface area (Å²) in [6.45, 7) is 7.30. The Labute approximate surface area is 138 Å². The third-order valence-corrected chi connectivity index (χ3v) is 4.34. The maximum Gasteiger partial charge on any atom is 0.411 e. The quantitative estimate of drug-likeness (QED) is 0.844. The maximum atomic E-state index is 12.8. The van der Waals surface area contributed by atoms with Gasteiger partial charge < -0.3 is 10.1 Å². The number of nitriles is 1. The predicted molar refractivity (Wildman–Crippen MR) is 85.5 cm³/mol. The molecule has 0 spiro atoms. The highest BCUT2D eigenvalue weighted by Crippen LogP contribution is 2.45. The van der Waals surface area contributed by atoms with Crippen LogP contribution in [0.1, 0.15) is 66.2 Å². The lowest BCUT2D eigenvalue weighted by Crippen LogP contribution is -2.66. The van der Waals surface area contributed by atoms with Crippen molar-refractivity contribution >= 4 is 12.0 Å². The van der Waals surface area contributed by atoms with Gasteiger partial charge in [-0.3, -0.25) is 9.69 Å². The van der Waals surface area contributed by atoms with Gasteiger partial charge in [0.15, 0.2) is 0 Å². The predicted octanol–water partition coefficient (Wildman–Crippen LogP) is 2.73. The molecule has 2 fully saturated rings. The van der Waals surface area contributed by atoms with Crippen LogP contribution < -0.4 is 5.32 Å². The van der Waals surface area contributed by atoms with Crippen LogP contribution in [-0.4, -0.2) is 40.1 Å². The molecular formula is C17H27N3O3. The molecule has 0 bridgehead atoms. The Morgan fingerprint density at radius 1 is 1.39 bits per heavy atom. The van der Waals surface area contributed by atoms with Gasteiger partial charge in [-0.15, -0.1) is 0 Å². The standard InChI is InChI=1S/C17H27N3O3/c1-12(8-11-18)19-14(21)17(9-5-10-17)20(13-6-7-13)15(22)23-16(2,3)4/h12-13H,5-10H2,1-4H3,(H,19,21). The van der Waals surface area contributed by atoms with E-state index in [2.05, 4.69) is 11.4 Å². The molecular weight excluding hydrogens is 294 g/mol. The monoisotopic (exact) mass is 321 g/mol. The Morgan fingerprint density at radius 3 is 2.39 bits per heavy atom. The molecule has 2 amide bonds. The fourth-order valence-electron chi connectivity index (χ4n) is 2.95. The second-order valence-corrected chi connectivity index (χ2v) is 7.70. The Balaban J connectivity index is 2.16. The van der Waals surface area contributed by atoms with E-state index >= 15 is 0 Å². The van der Waals surface area contributed by atoms with E-state index in [4.69, 9.17) is 10.00 Å². The van der Waals surface area contributed by atoms with E-state index in [0.29, 0.717) is 12.8 Å². The molecule has 0 aliphatic heterocycles. The van der Waals surface area contributed by atoms with Crippen LogP contribution in [-0.2, 0) is 9.53 Å². The highest BCUT2D eigenvalue weighted by atomic mass is 16.6. The molecule has 0 radical (unpaired) electrons. The van der Waals surface area contributed by atoms with E-state index in [1.54, 1.807) is 4.90 Å². The number of nitrogens with zero attached hydrogens (tertiary/aromatic N) is 2. The normalized spacial score (nSPS) is 20.7.